The number of urea groups is 1. The highest BCUT2D eigenvalue weighted by atomic mass is 31.2. The first-order valence-corrected chi connectivity index (χ1v) is 26.2. The molecule has 6 rings (SSSR count). The Kier molecular flexibility index (Phi) is 20.6. The number of benzene rings is 5. The van der Waals surface area contributed by atoms with E-state index in [4.69, 9.17) is 23.0 Å². The lowest BCUT2D eigenvalue weighted by atomic mass is 9.90. The van der Waals surface area contributed by atoms with E-state index in [-0.39, 0.29) is 63.5 Å². The number of nitrogens with zero attached hydrogens (tertiary/aromatic N) is 1. The number of nitrogens with one attached hydrogen (secondary N) is 3. The van der Waals surface area contributed by atoms with E-state index in [2.05, 4.69) is 16.0 Å². The molecule has 5 aromatic carbocycles. The molecular formula is C57H71N4O10P. The molecule has 0 saturated carbocycles. The molecule has 72 heavy (non-hydrogen) atoms. The van der Waals surface area contributed by atoms with Gasteiger partial charge in [-0.15, -0.1) is 0 Å². The van der Waals surface area contributed by atoms with Crippen LogP contribution in [-0.4, -0.2) is 79.2 Å². The Morgan fingerprint density at radius 3 is 1.76 bits per heavy atom. The summed E-state index contributed by atoms with van der Waals surface area (Å²) in [5.41, 5.74) is 4.11. The van der Waals surface area contributed by atoms with Crippen molar-refractivity contribution < 1.29 is 46.8 Å². The monoisotopic (exact) mass is 1000 g/mol. The molecule has 5 aromatic rings. The normalized spacial score (nSPS) is 14.7. The smallest absolute Gasteiger partial charge is 0.475 e. The molecule has 4 amide bonds. The van der Waals surface area contributed by atoms with Crippen LogP contribution in [0.15, 0.2) is 140 Å². The Balaban J connectivity index is 1.29. The van der Waals surface area contributed by atoms with Gasteiger partial charge in [0.1, 0.15) is 17.9 Å². The fraction of sp³-hybridized carbons (Fsp3) is 0.404. The summed E-state index contributed by atoms with van der Waals surface area (Å²) in [7, 11) is -4.20. The molecule has 0 unspecified atom stereocenters. The van der Waals surface area contributed by atoms with Crippen LogP contribution in [0.3, 0.4) is 0 Å². The fourth-order valence-electron chi connectivity index (χ4n) is 8.70. The molecule has 3 N–H and O–H groups in total. The Bertz CT molecular complexity index is 2480. The van der Waals surface area contributed by atoms with Gasteiger partial charge in [-0.1, -0.05) is 167 Å². The number of ether oxygens (including phenoxy) is 2. The van der Waals surface area contributed by atoms with Crippen LogP contribution in [0.5, 0.6) is 5.75 Å². The van der Waals surface area contributed by atoms with Gasteiger partial charge in [0.25, 0.3) is 5.91 Å². The van der Waals surface area contributed by atoms with Crippen molar-refractivity contribution in [2.75, 3.05) is 26.3 Å². The molecule has 1 saturated heterocycles. The second kappa shape index (κ2) is 26.9. The van der Waals surface area contributed by atoms with Crippen molar-refractivity contribution >= 4 is 31.6 Å². The highest BCUT2D eigenvalue weighted by molar-refractivity contribution is 7.48. The molecular weight excluding hydrogens is 932 g/mol. The zero-order chi connectivity index (χ0) is 51.5. The minimum atomic E-state index is -4.20. The summed E-state index contributed by atoms with van der Waals surface area (Å²) in [5, 5.41) is 9.29. The van der Waals surface area contributed by atoms with Gasteiger partial charge in [0, 0.05) is 25.6 Å². The van der Waals surface area contributed by atoms with Crippen LogP contribution < -0.4 is 20.7 Å². The first-order chi connectivity index (χ1) is 34.6. The third-order valence-electron chi connectivity index (χ3n) is 12.4. The van der Waals surface area contributed by atoms with Crippen molar-refractivity contribution in [1.29, 1.82) is 0 Å². The number of carbonyl (C=O) groups is 4. The predicted octanol–water partition coefficient (Wildman–Crippen LogP) is 9.85. The first kappa shape index (κ1) is 55.0. The van der Waals surface area contributed by atoms with Crippen LogP contribution in [0.25, 0.3) is 0 Å². The van der Waals surface area contributed by atoms with Crippen LogP contribution in [0.1, 0.15) is 80.3 Å². The zero-order valence-electron chi connectivity index (χ0n) is 42.4. The summed E-state index contributed by atoms with van der Waals surface area (Å²) in [5.74, 6) is -1.02. The van der Waals surface area contributed by atoms with Crippen LogP contribution in [0.2, 0.25) is 0 Å². The maximum Gasteiger partial charge on any atom is 0.475 e. The van der Waals surface area contributed by atoms with Crippen LogP contribution in [0, 0.1) is 25.2 Å². The molecule has 1 aliphatic rings. The molecule has 0 aliphatic carbocycles. The average molecular weight is 1000 g/mol. The first-order valence-electron chi connectivity index (χ1n) is 24.8. The van der Waals surface area contributed by atoms with E-state index in [0.717, 1.165) is 33.4 Å². The van der Waals surface area contributed by atoms with Gasteiger partial charge in [-0.3, -0.25) is 28.0 Å². The largest absolute Gasteiger partial charge is 0.483 e. The van der Waals surface area contributed by atoms with Gasteiger partial charge in [-0.05, 0) is 77.8 Å². The molecule has 0 bridgehead atoms. The summed E-state index contributed by atoms with van der Waals surface area (Å²) in [6.07, 6.45) is 0.166. The number of carbonyl (C=O) groups excluding carboxylic acids is 4. The zero-order valence-corrected chi connectivity index (χ0v) is 43.3. The quantitative estimate of drug-likeness (QED) is 0.0340. The highest BCUT2D eigenvalue weighted by Crippen LogP contribution is 2.52. The van der Waals surface area contributed by atoms with E-state index >= 15 is 0 Å². The predicted molar refractivity (Wildman–Crippen MR) is 278 cm³/mol. The molecule has 15 heteroatoms. The number of phosphoric ester groups is 1. The topological polar surface area (TPSA) is 171 Å². The summed E-state index contributed by atoms with van der Waals surface area (Å²) in [4.78, 5) is 57.9. The summed E-state index contributed by atoms with van der Waals surface area (Å²) < 4.78 is 44.7. The SMILES string of the molecule is Cc1cccc(C)c1OCC(=O)N[C@@H](Cc1ccccc1)[C@H](C[C@@H](Cc1ccccc1)NC(=O)[C@H](C(C)C)N1CCCNC1=O)OC(=O)CC(C)(C)COP(=O)(OCc1ccccc1)OCc1ccccc1. The van der Waals surface area contributed by atoms with E-state index < -0.39 is 49.3 Å². The number of hydrogen-bond acceptors (Lipinski definition) is 10. The third kappa shape index (κ3) is 17.5. The second-order valence-electron chi connectivity index (χ2n) is 19.6. The number of phosphoric acid groups is 1. The average Bonchev–Trinajstić information content (AvgIpc) is 3.36. The van der Waals surface area contributed by atoms with Crippen LogP contribution >= 0.6 is 7.82 Å². The van der Waals surface area contributed by atoms with Gasteiger partial charge in [-0.25, -0.2) is 9.36 Å². The molecule has 14 nitrogen and oxygen atoms in total. The van der Waals surface area contributed by atoms with Gasteiger partial charge in [0.2, 0.25) is 5.91 Å². The van der Waals surface area contributed by atoms with E-state index in [9.17, 15) is 23.7 Å². The van der Waals surface area contributed by atoms with Gasteiger partial charge in [-0.2, -0.15) is 0 Å². The number of rotatable bonds is 27. The molecule has 0 spiro atoms. The summed E-state index contributed by atoms with van der Waals surface area (Å²) >= 11 is 0. The Morgan fingerprint density at radius 2 is 1.24 bits per heavy atom. The molecule has 4 atom stereocenters. The molecule has 1 aliphatic heterocycles. The van der Waals surface area contributed by atoms with Crippen molar-refractivity contribution in [3.05, 3.63) is 173 Å². The lowest BCUT2D eigenvalue weighted by Gasteiger charge is -2.37. The van der Waals surface area contributed by atoms with Crippen LogP contribution in [-0.2, 0) is 63.3 Å². The van der Waals surface area contributed by atoms with E-state index in [0.29, 0.717) is 31.7 Å². The summed E-state index contributed by atoms with van der Waals surface area (Å²) in [6.45, 7) is 11.6. The number of hydrogen-bond donors (Lipinski definition) is 3. The third-order valence-corrected chi connectivity index (χ3v) is 13.7. The van der Waals surface area contributed by atoms with Gasteiger partial charge >= 0.3 is 19.8 Å². The Morgan fingerprint density at radius 1 is 0.708 bits per heavy atom. The van der Waals surface area contributed by atoms with E-state index in [1.165, 1.54) is 0 Å². The van der Waals surface area contributed by atoms with Crippen molar-refractivity contribution in [1.82, 2.24) is 20.9 Å². The van der Waals surface area contributed by atoms with E-state index in [1.807, 2.05) is 167 Å². The highest BCUT2D eigenvalue weighted by Gasteiger charge is 2.38. The maximum atomic E-state index is 14.6. The van der Waals surface area contributed by atoms with Crippen molar-refractivity contribution in [3.63, 3.8) is 0 Å². The number of esters is 1. The van der Waals surface area contributed by atoms with E-state index in [1.54, 1.807) is 18.7 Å². The maximum absolute atomic E-state index is 14.6. The number of amides is 4. The fourth-order valence-corrected chi connectivity index (χ4v) is 10.0. The van der Waals surface area contributed by atoms with Gasteiger partial charge in [0.15, 0.2) is 6.61 Å². The minimum Gasteiger partial charge on any atom is -0.483 e. The lowest BCUT2D eigenvalue weighted by molar-refractivity contribution is -0.155. The number of para-hydroxylation sites is 1. The van der Waals surface area contributed by atoms with Gasteiger partial charge < -0.3 is 30.3 Å². The standard InChI is InChI=1S/C57H71N4O10P/c1-41(2)53(61-32-20-31-58-56(61)65)55(64)59-48(33-44-23-11-7-12-24-44)35-50(49(34-45-25-13-8-14-26-45)60-51(62)39-67-54-42(3)21-19-22-43(54)4)71-52(63)36-57(5,6)40-70-72(66,68-37-46-27-15-9-16-28-46)69-38-47-29-17-10-18-30-47/h7-19,21-30,41,48-50,53H,20,31-40H2,1-6H3,(H,58,65)(H,59,64)(H,60,62)/t48-,49+,50+,53+/m1/s1. The second-order valence-corrected chi connectivity index (χ2v) is 21.2. The molecule has 0 radical (unpaired) electrons. The summed E-state index contributed by atoms with van der Waals surface area (Å²) in [6, 6.07) is 40.9. The lowest BCUT2D eigenvalue weighted by Crippen LogP contribution is -2.59. The number of aryl methyl sites for hydroxylation is 2. The minimum absolute atomic E-state index is 0.0367. The van der Waals surface area contributed by atoms with Crippen molar-refractivity contribution in [2.45, 2.75) is 111 Å². The van der Waals surface area contributed by atoms with Crippen LogP contribution in [0.4, 0.5) is 4.79 Å². The molecule has 1 heterocycles. The van der Waals surface area contributed by atoms with Gasteiger partial charge in [0.05, 0.1) is 32.3 Å². The molecule has 0 aromatic heterocycles. The van der Waals surface area contributed by atoms with Crippen molar-refractivity contribution in [2.24, 2.45) is 11.3 Å². The Labute approximate surface area is 425 Å². The molecule has 1 fully saturated rings. The van der Waals surface area contributed by atoms with Crippen molar-refractivity contribution in [3.8, 4) is 5.75 Å². The molecule has 384 valence electrons. The Hall–Kier alpha value is -6.31.